The van der Waals surface area contributed by atoms with E-state index in [1.807, 2.05) is 13.8 Å². The molecule has 0 bridgehead atoms. The fourth-order valence-electron chi connectivity index (χ4n) is 1.30. The van der Waals surface area contributed by atoms with Crippen molar-refractivity contribution in [1.29, 1.82) is 0 Å². The summed E-state index contributed by atoms with van der Waals surface area (Å²) in [7, 11) is 0. The maximum Gasteiger partial charge on any atom is 0.416 e. The molecule has 0 saturated heterocycles. The van der Waals surface area contributed by atoms with Gasteiger partial charge >= 0.3 is 6.18 Å². The third kappa shape index (κ3) is 4.31. The van der Waals surface area contributed by atoms with Gasteiger partial charge in [-0.2, -0.15) is 25.8 Å². The van der Waals surface area contributed by atoms with Gasteiger partial charge in [0.25, 0.3) is 0 Å². The van der Waals surface area contributed by atoms with E-state index in [0.29, 0.717) is 0 Å². The number of rotatable bonds is 3. The second-order valence-corrected chi connectivity index (χ2v) is 5.33. The van der Waals surface area contributed by atoms with E-state index in [0.717, 1.165) is 18.2 Å². The molecule has 1 aromatic carbocycles. The van der Waals surface area contributed by atoms with E-state index in [2.05, 4.69) is 17.9 Å². The molecule has 106 valence electrons. The number of alkyl halides is 3. The Morgan fingerprint density at radius 3 is 2.37 bits per heavy atom. The van der Waals surface area contributed by atoms with E-state index in [-0.39, 0.29) is 16.6 Å². The number of hydrogen-bond donors (Lipinski definition) is 2. The van der Waals surface area contributed by atoms with Gasteiger partial charge in [0.15, 0.2) is 0 Å². The number of carbonyl (C=O) groups excluding carboxylic acids is 1. The Kier molecular flexibility index (Phi) is 5.15. The summed E-state index contributed by atoms with van der Waals surface area (Å²) in [4.78, 5) is 11.7. The Bertz CT molecular complexity index is 477. The predicted octanol–water partition coefficient (Wildman–Crippen LogP) is 4.25. The molecule has 1 amide bonds. The van der Waals surface area contributed by atoms with E-state index < -0.39 is 22.9 Å². The Morgan fingerprint density at radius 1 is 1.37 bits per heavy atom. The highest BCUT2D eigenvalue weighted by Crippen LogP contribution is 2.33. The number of benzene rings is 1. The zero-order chi connectivity index (χ0) is 14.8. The molecule has 19 heavy (non-hydrogen) atoms. The van der Waals surface area contributed by atoms with Crippen LogP contribution < -0.4 is 5.32 Å². The van der Waals surface area contributed by atoms with Crippen LogP contribution in [0, 0.1) is 5.92 Å². The second kappa shape index (κ2) is 6.05. The molecule has 2 nitrogen and oxygen atoms in total. The molecular formula is C12H13ClF3NOS. The van der Waals surface area contributed by atoms with E-state index >= 15 is 0 Å². The van der Waals surface area contributed by atoms with Crippen LogP contribution in [0.25, 0.3) is 0 Å². The normalized spacial score (nSPS) is 13.5. The van der Waals surface area contributed by atoms with Gasteiger partial charge in [0.1, 0.15) is 0 Å². The SMILES string of the molecule is CC(C)C(S)C(=O)Nc1ccc(C(F)(F)F)cc1Cl. The second-order valence-electron chi connectivity index (χ2n) is 4.37. The smallest absolute Gasteiger partial charge is 0.324 e. The Hall–Kier alpha value is -0.880. The maximum absolute atomic E-state index is 12.4. The number of carbonyl (C=O) groups is 1. The zero-order valence-electron chi connectivity index (χ0n) is 10.3. The Labute approximate surface area is 119 Å². The van der Waals surface area contributed by atoms with Crippen molar-refractivity contribution < 1.29 is 18.0 Å². The number of hydrogen-bond acceptors (Lipinski definition) is 2. The summed E-state index contributed by atoms with van der Waals surface area (Å²) in [5.74, 6) is -0.406. The van der Waals surface area contributed by atoms with Gasteiger partial charge in [-0.1, -0.05) is 25.4 Å². The molecule has 0 spiro atoms. The Balaban J connectivity index is 2.90. The molecule has 1 N–H and O–H groups in total. The van der Waals surface area contributed by atoms with Gasteiger partial charge in [0.2, 0.25) is 5.91 Å². The lowest BCUT2D eigenvalue weighted by molar-refractivity contribution is -0.137. The van der Waals surface area contributed by atoms with Gasteiger partial charge in [-0.15, -0.1) is 0 Å². The van der Waals surface area contributed by atoms with E-state index in [1.54, 1.807) is 0 Å². The molecule has 1 unspecified atom stereocenters. The molecule has 1 atom stereocenters. The number of anilines is 1. The molecular weight excluding hydrogens is 299 g/mol. The molecule has 1 aromatic rings. The minimum Gasteiger partial charge on any atom is -0.324 e. The molecule has 0 saturated carbocycles. The highest BCUT2D eigenvalue weighted by atomic mass is 35.5. The zero-order valence-corrected chi connectivity index (χ0v) is 11.9. The molecule has 0 aliphatic heterocycles. The summed E-state index contributed by atoms with van der Waals surface area (Å²) in [6.07, 6.45) is -4.46. The number of halogens is 4. The first-order valence-corrected chi connectivity index (χ1v) is 6.38. The molecule has 0 aliphatic rings. The fraction of sp³-hybridized carbons (Fsp3) is 0.417. The summed E-state index contributed by atoms with van der Waals surface area (Å²) >= 11 is 9.84. The van der Waals surface area contributed by atoms with Crippen LogP contribution in [0.2, 0.25) is 5.02 Å². The predicted molar refractivity (Wildman–Crippen MR) is 72.7 cm³/mol. The van der Waals surface area contributed by atoms with Crippen molar-refractivity contribution in [3.05, 3.63) is 28.8 Å². The highest BCUT2D eigenvalue weighted by Gasteiger charge is 2.31. The first kappa shape index (κ1) is 16.2. The van der Waals surface area contributed by atoms with Crippen LogP contribution in [-0.4, -0.2) is 11.2 Å². The van der Waals surface area contributed by atoms with Crippen molar-refractivity contribution in [1.82, 2.24) is 0 Å². The molecule has 1 rings (SSSR count). The summed E-state index contributed by atoms with van der Waals surface area (Å²) in [6.45, 7) is 3.62. The van der Waals surface area contributed by atoms with Crippen LogP contribution in [-0.2, 0) is 11.0 Å². The van der Waals surface area contributed by atoms with Crippen molar-refractivity contribution in [2.24, 2.45) is 5.92 Å². The summed E-state index contributed by atoms with van der Waals surface area (Å²) < 4.78 is 37.3. The first-order chi connectivity index (χ1) is 8.62. The van der Waals surface area contributed by atoms with Crippen molar-refractivity contribution in [2.45, 2.75) is 25.3 Å². The van der Waals surface area contributed by atoms with Crippen LogP contribution in [0.5, 0.6) is 0 Å². The van der Waals surface area contributed by atoms with Crippen LogP contribution in [0.15, 0.2) is 18.2 Å². The standard InChI is InChI=1S/C12H13ClF3NOS/c1-6(2)10(19)11(18)17-9-4-3-7(5-8(9)13)12(14,15)16/h3-6,10,19H,1-2H3,(H,17,18). The molecule has 0 radical (unpaired) electrons. The lowest BCUT2D eigenvalue weighted by atomic mass is 10.1. The quantitative estimate of drug-likeness (QED) is 0.803. The molecule has 0 aromatic heterocycles. The number of amides is 1. The minimum atomic E-state index is -4.46. The number of thiol groups is 1. The van der Waals surface area contributed by atoms with Gasteiger partial charge in [-0.05, 0) is 24.1 Å². The third-order valence-corrected chi connectivity index (χ3v) is 3.60. The average Bonchev–Trinajstić information content (AvgIpc) is 2.29. The van der Waals surface area contributed by atoms with E-state index in [4.69, 9.17) is 11.6 Å². The minimum absolute atomic E-state index is 0.00319. The van der Waals surface area contributed by atoms with Gasteiger partial charge in [-0.3, -0.25) is 4.79 Å². The van der Waals surface area contributed by atoms with E-state index in [9.17, 15) is 18.0 Å². The largest absolute Gasteiger partial charge is 0.416 e. The third-order valence-electron chi connectivity index (χ3n) is 2.45. The summed E-state index contributed by atoms with van der Waals surface area (Å²) in [5, 5.41) is 1.74. The van der Waals surface area contributed by atoms with Gasteiger partial charge in [0.05, 0.1) is 21.5 Å². The lowest BCUT2D eigenvalue weighted by Gasteiger charge is -2.16. The van der Waals surface area contributed by atoms with Crippen molar-refractivity contribution in [3.63, 3.8) is 0 Å². The van der Waals surface area contributed by atoms with Crippen LogP contribution in [0.3, 0.4) is 0 Å². The van der Waals surface area contributed by atoms with Crippen molar-refractivity contribution >= 4 is 35.8 Å². The van der Waals surface area contributed by atoms with Crippen molar-refractivity contribution in [3.8, 4) is 0 Å². The summed E-state index contributed by atoms with van der Waals surface area (Å²) in [6, 6.07) is 2.77. The van der Waals surface area contributed by atoms with Crippen LogP contribution >= 0.6 is 24.2 Å². The maximum atomic E-state index is 12.4. The lowest BCUT2D eigenvalue weighted by Crippen LogP contribution is -2.27. The molecule has 7 heteroatoms. The monoisotopic (exact) mass is 311 g/mol. The van der Waals surface area contributed by atoms with Crippen molar-refractivity contribution in [2.75, 3.05) is 5.32 Å². The molecule has 0 heterocycles. The Morgan fingerprint density at radius 2 is 1.95 bits per heavy atom. The average molecular weight is 312 g/mol. The fourth-order valence-corrected chi connectivity index (χ4v) is 1.59. The molecule has 0 aliphatic carbocycles. The van der Waals surface area contributed by atoms with Gasteiger partial charge in [-0.25, -0.2) is 0 Å². The molecule has 0 fully saturated rings. The number of nitrogens with one attached hydrogen (secondary N) is 1. The van der Waals surface area contributed by atoms with Gasteiger partial charge < -0.3 is 5.32 Å². The highest BCUT2D eigenvalue weighted by molar-refractivity contribution is 7.81. The van der Waals surface area contributed by atoms with Gasteiger partial charge in [0, 0.05) is 0 Å². The first-order valence-electron chi connectivity index (χ1n) is 5.48. The summed E-state index contributed by atoms with van der Waals surface area (Å²) in [5.41, 5.74) is -0.721. The van der Waals surface area contributed by atoms with Crippen LogP contribution in [0.1, 0.15) is 19.4 Å². The van der Waals surface area contributed by atoms with E-state index in [1.165, 1.54) is 0 Å². The van der Waals surface area contributed by atoms with Crippen LogP contribution in [0.4, 0.5) is 18.9 Å². The topological polar surface area (TPSA) is 29.1 Å².